The number of rotatable bonds is 5. The van der Waals surface area contributed by atoms with Gasteiger partial charge in [-0.05, 0) is 12.5 Å². The second-order valence-electron chi connectivity index (χ2n) is 5.16. The molecule has 120 valence electrons. The minimum absolute atomic E-state index is 0.0689. The molecule has 0 aliphatic carbocycles. The zero-order valence-electron chi connectivity index (χ0n) is 13.0. The predicted molar refractivity (Wildman–Crippen MR) is 83.3 cm³/mol. The maximum absolute atomic E-state index is 12.1. The smallest absolute Gasteiger partial charge is 0.409 e. The predicted octanol–water partition coefficient (Wildman–Crippen LogP) is 1.08. The van der Waals surface area contributed by atoms with Crippen LogP contribution in [0, 0.1) is 0 Å². The molecule has 1 heterocycles. The van der Waals surface area contributed by atoms with E-state index in [1.54, 1.807) is 16.7 Å². The summed E-state index contributed by atoms with van der Waals surface area (Å²) >= 11 is 0. The standard InChI is InChI=1S/C16H23N3O3/c1-2-22-16(21)19-10-8-18(9-11-19)15(20)13-17-12-14-6-4-3-5-7-14/h3-7,17H,2,8-13H2,1H3. The summed E-state index contributed by atoms with van der Waals surface area (Å²) in [7, 11) is 0. The van der Waals surface area contributed by atoms with Crippen molar-refractivity contribution < 1.29 is 14.3 Å². The largest absolute Gasteiger partial charge is 0.450 e. The summed E-state index contributed by atoms with van der Waals surface area (Å²) in [6, 6.07) is 9.98. The fourth-order valence-corrected chi connectivity index (χ4v) is 2.37. The van der Waals surface area contributed by atoms with Crippen LogP contribution in [0.15, 0.2) is 30.3 Å². The minimum atomic E-state index is -0.295. The Morgan fingerprint density at radius 3 is 2.36 bits per heavy atom. The highest BCUT2D eigenvalue weighted by molar-refractivity contribution is 5.78. The van der Waals surface area contributed by atoms with Gasteiger partial charge < -0.3 is 19.9 Å². The maximum atomic E-state index is 12.1. The molecule has 1 aliphatic rings. The van der Waals surface area contributed by atoms with Gasteiger partial charge in [0, 0.05) is 32.7 Å². The molecule has 0 spiro atoms. The Hall–Kier alpha value is -2.08. The number of carbonyl (C=O) groups excluding carboxylic acids is 2. The summed E-state index contributed by atoms with van der Waals surface area (Å²) in [5, 5.41) is 3.16. The van der Waals surface area contributed by atoms with Crippen LogP contribution in [0.2, 0.25) is 0 Å². The average molecular weight is 305 g/mol. The molecular formula is C16H23N3O3. The normalized spacial score (nSPS) is 14.8. The summed E-state index contributed by atoms with van der Waals surface area (Å²) in [6.45, 7) is 5.34. The minimum Gasteiger partial charge on any atom is -0.450 e. The van der Waals surface area contributed by atoms with Crippen molar-refractivity contribution in [2.45, 2.75) is 13.5 Å². The van der Waals surface area contributed by atoms with Gasteiger partial charge in [-0.25, -0.2) is 4.79 Å². The maximum Gasteiger partial charge on any atom is 0.409 e. The summed E-state index contributed by atoms with van der Waals surface area (Å²) in [4.78, 5) is 27.1. The van der Waals surface area contributed by atoms with Crippen molar-refractivity contribution in [1.29, 1.82) is 0 Å². The van der Waals surface area contributed by atoms with Crippen LogP contribution < -0.4 is 5.32 Å². The summed E-state index contributed by atoms with van der Waals surface area (Å²) in [5.41, 5.74) is 1.16. The van der Waals surface area contributed by atoms with Crippen LogP contribution in [0.3, 0.4) is 0 Å². The van der Waals surface area contributed by atoms with E-state index >= 15 is 0 Å². The zero-order valence-corrected chi connectivity index (χ0v) is 13.0. The summed E-state index contributed by atoms with van der Waals surface area (Å²) in [5.74, 6) is 0.0689. The molecule has 1 aromatic carbocycles. The molecular weight excluding hydrogens is 282 g/mol. The number of hydrogen-bond acceptors (Lipinski definition) is 4. The number of hydrogen-bond donors (Lipinski definition) is 1. The van der Waals surface area contributed by atoms with Crippen LogP contribution in [0.25, 0.3) is 0 Å². The highest BCUT2D eigenvalue weighted by Crippen LogP contribution is 2.04. The third-order valence-electron chi connectivity index (χ3n) is 3.61. The summed E-state index contributed by atoms with van der Waals surface area (Å²) in [6.07, 6.45) is -0.295. The quantitative estimate of drug-likeness (QED) is 0.884. The van der Waals surface area contributed by atoms with E-state index in [4.69, 9.17) is 4.74 Å². The first-order valence-corrected chi connectivity index (χ1v) is 7.65. The van der Waals surface area contributed by atoms with Crippen LogP contribution in [-0.4, -0.2) is 61.1 Å². The van der Waals surface area contributed by atoms with Crippen molar-refractivity contribution in [2.24, 2.45) is 0 Å². The van der Waals surface area contributed by atoms with Crippen molar-refractivity contribution in [2.75, 3.05) is 39.3 Å². The van der Waals surface area contributed by atoms with E-state index in [2.05, 4.69) is 5.32 Å². The summed E-state index contributed by atoms with van der Waals surface area (Å²) < 4.78 is 4.96. The number of nitrogens with one attached hydrogen (secondary N) is 1. The van der Waals surface area contributed by atoms with Crippen molar-refractivity contribution >= 4 is 12.0 Å². The lowest BCUT2D eigenvalue weighted by atomic mass is 10.2. The van der Waals surface area contributed by atoms with E-state index in [0.717, 1.165) is 5.56 Å². The highest BCUT2D eigenvalue weighted by atomic mass is 16.6. The lowest BCUT2D eigenvalue weighted by molar-refractivity contribution is -0.131. The van der Waals surface area contributed by atoms with E-state index in [-0.39, 0.29) is 12.0 Å². The molecule has 6 nitrogen and oxygen atoms in total. The van der Waals surface area contributed by atoms with Crippen LogP contribution in [0.1, 0.15) is 12.5 Å². The van der Waals surface area contributed by atoms with Crippen molar-refractivity contribution in [3.05, 3.63) is 35.9 Å². The number of piperazine rings is 1. The number of carbonyl (C=O) groups is 2. The highest BCUT2D eigenvalue weighted by Gasteiger charge is 2.24. The van der Waals surface area contributed by atoms with Gasteiger partial charge >= 0.3 is 6.09 Å². The second-order valence-corrected chi connectivity index (χ2v) is 5.16. The number of amides is 2. The van der Waals surface area contributed by atoms with Gasteiger partial charge in [-0.3, -0.25) is 4.79 Å². The van der Waals surface area contributed by atoms with E-state index < -0.39 is 0 Å². The molecule has 1 aliphatic heterocycles. The third-order valence-corrected chi connectivity index (χ3v) is 3.61. The lowest BCUT2D eigenvalue weighted by Crippen LogP contribution is -2.52. The Morgan fingerprint density at radius 2 is 1.73 bits per heavy atom. The molecule has 1 N–H and O–H groups in total. The van der Waals surface area contributed by atoms with E-state index in [9.17, 15) is 9.59 Å². The van der Waals surface area contributed by atoms with Crippen LogP contribution in [-0.2, 0) is 16.1 Å². The number of nitrogens with zero attached hydrogens (tertiary/aromatic N) is 2. The monoisotopic (exact) mass is 305 g/mol. The van der Waals surface area contributed by atoms with Crippen LogP contribution in [0.4, 0.5) is 4.79 Å². The fraction of sp³-hybridized carbons (Fsp3) is 0.500. The van der Waals surface area contributed by atoms with Gasteiger partial charge in [0.1, 0.15) is 0 Å². The second kappa shape index (κ2) is 8.38. The van der Waals surface area contributed by atoms with Crippen molar-refractivity contribution in [3.8, 4) is 0 Å². The van der Waals surface area contributed by atoms with E-state index in [0.29, 0.717) is 45.9 Å². The molecule has 1 aromatic rings. The first-order valence-electron chi connectivity index (χ1n) is 7.65. The van der Waals surface area contributed by atoms with Gasteiger partial charge in [-0.1, -0.05) is 30.3 Å². The topological polar surface area (TPSA) is 61.9 Å². The van der Waals surface area contributed by atoms with Crippen molar-refractivity contribution in [1.82, 2.24) is 15.1 Å². The SMILES string of the molecule is CCOC(=O)N1CCN(C(=O)CNCc2ccccc2)CC1. The van der Waals surface area contributed by atoms with Crippen LogP contribution >= 0.6 is 0 Å². The van der Waals surface area contributed by atoms with Gasteiger partial charge in [0.05, 0.1) is 13.2 Å². The Morgan fingerprint density at radius 1 is 1.09 bits per heavy atom. The molecule has 0 atom stereocenters. The van der Waals surface area contributed by atoms with Crippen LogP contribution in [0.5, 0.6) is 0 Å². The Bertz CT molecular complexity index is 485. The molecule has 1 fully saturated rings. The van der Waals surface area contributed by atoms with E-state index in [1.807, 2.05) is 30.3 Å². The Kier molecular flexibility index (Phi) is 6.21. The molecule has 2 rings (SSSR count). The molecule has 0 radical (unpaired) electrons. The molecule has 0 aromatic heterocycles. The first kappa shape index (κ1) is 16.3. The fourth-order valence-electron chi connectivity index (χ4n) is 2.37. The van der Waals surface area contributed by atoms with Crippen molar-refractivity contribution in [3.63, 3.8) is 0 Å². The molecule has 1 saturated heterocycles. The van der Waals surface area contributed by atoms with Gasteiger partial charge in [-0.15, -0.1) is 0 Å². The Balaban J connectivity index is 1.68. The Labute approximate surface area is 131 Å². The molecule has 0 saturated carbocycles. The third kappa shape index (κ3) is 4.73. The van der Waals surface area contributed by atoms with E-state index in [1.165, 1.54) is 0 Å². The van der Waals surface area contributed by atoms with Gasteiger partial charge in [-0.2, -0.15) is 0 Å². The lowest BCUT2D eigenvalue weighted by Gasteiger charge is -2.34. The first-order chi connectivity index (χ1) is 10.7. The average Bonchev–Trinajstić information content (AvgIpc) is 2.56. The van der Waals surface area contributed by atoms with Gasteiger partial charge in [0.2, 0.25) is 5.91 Å². The molecule has 22 heavy (non-hydrogen) atoms. The molecule has 0 unspecified atom stereocenters. The molecule has 6 heteroatoms. The van der Waals surface area contributed by atoms with Gasteiger partial charge in [0.15, 0.2) is 0 Å². The number of benzene rings is 1. The number of ether oxygens (including phenoxy) is 1. The zero-order chi connectivity index (χ0) is 15.8. The molecule has 2 amide bonds. The molecule has 0 bridgehead atoms. The van der Waals surface area contributed by atoms with Gasteiger partial charge in [0.25, 0.3) is 0 Å².